The topological polar surface area (TPSA) is 66.5 Å². The number of aliphatic hydroxyl groups excluding tert-OH is 1. The van der Waals surface area contributed by atoms with E-state index in [9.17, 15) is 18.3 Å². The maximum atomic E-state index is 13.0. The highest BCUT2D eigenvalue weighted by molar-refractivity contribution is 6.18. The van der Waals surface area contributed by atoms with Gasteiger partial charge in [-0.05, 0) is 43.6 Å². The normalized spacial score (nSPS) is 17.5. The molecule has 6 nitrogen and oxygen atoms in total. The van der Waals surface area contributed by atoms with Crippen LogP contribution in [0.4, 0.5) is 13.2 Å². The molecule has 0 amide bonds. The van der Waals surface area contributed by atoms with Gasteiger partial charge in [0, 0.05) is 54.2 Å². The number of alkyl halides is 4. The molecule has 0 unspecified atom stereocenters. The summed E-state index contributed by atoms with van der Waals surface area (Å²) in [6.45, 7) is 2.42. The molecule has 160 valence electrons. The van der Waals surface area contributed by atoms with Gasteiger partial charge < -0.3 is 5.11 Å². The van der Waals surface area contributed by atoms with Crippen LogP contribution in [0.1, 0.15) is 24.1 Å². The van der Waals surface area contributed by atoms with E-state index in [4.69, 9.17) is 11.6 Å². The summed E-state index contributed by atoms with van der Waals surface area (Å²) >= 11 is 6.03. The fraction of sp³-hybridized carbons (Fsp3) is 0.450. The number of halogens is 4. The van der Waals surface area contributed by atoms with Gasteiger partial charge in [0.05, 0.1) is 6.20 Å². The number of nitrogens with zero attached hydrogens (tertiary/aromatic N) is 5. The zero-order valence-corrected chi connectivity index (χ0v) is 16.9. The first-order chi connectivity index (χ1) is 14.3. The lowest BCUT2D eigenvalue weighted by Gasteiger charge is -2.39. The zero-order valence-electron chi connectivity index (χ0n) is 16.1. The monoisotopic (exact) mass is 439 g/mol. The van der Waals surface area contributed by atoms with Crippen molar-refractivity contribution in [2.45, 2.75) is 25.6 Å². The summed E-state index contributed by atoms with van der Waals surface area (Å²) in [6, 6.07) is 2.52. The number of aliphatic hydroxyl groups is 1. The minimum Gasteiger partial charge on any atom is -0.396 e. The van der Waals surface area contributed by atoms with Crippen LogP contribution in [0, 0.1) is 5.41 Å². The van der Waals surface area contributed by atoms with Crippen molar-refractivity contribution in [1.29, 1.82) is 0 Å². The van der Waals surface area contributed by atoms with Crippen LogP contribution in [0.5, 0.6) is 0 Å². The van der Waals surface area contributed by atoms with Gasteiger partial charge in [-0.2, -0.15) is 18.3 Å². The molecular weight excluding hydrogens is 419 g/mol. The SMILES string of the molecule is OCC1(CCl)CCN(Cc2cnc3c(-c4ccnc(C(F)(F)F)c4)cnn3c2)CC1. The minimum absolute atomic E-state index is 0.0962. The predicted octanol–water partition coefficient (Wildman–Crippen LogP) is 3.62. The molecule has 1 N–H and O–H groups in total. The van der Waals surface area contributed by atoms with E-state index >= 15 is 0 Å². The molecule has 3 aromatic rings. The smallest absolute Gasteiger partial charge is 0.396 e. The van der Waals surface area contributed by atoms with E-state index in [1.807, 2.05) is 6.20 Å². The third kappa shape index (κ3) is 4.14. The largest absolute Gasteiger partial charge is 0.433 e. The summed E-state index contributed by atoms with van der Waals surface area (Å²) in [4.78, 5) is 10.1. The van der Waals surface area contributed by atoms with E-state index in [0.717, 1.165) is 43.8 Å². The summed E-state index contributed by atoms with van der Waals surface area (Å²) in [5.74, 6) is 0.450. The lowest BCUT2D eigenvalue weighted by molar-refractivity contribution is -0.141. The van der Waals surface area contributed by atoms with Crippen LogP contribution in [0.2, 0.25) is 0 Å². The van der Waals surface area contributed by atoms with E-state index in [1.165, 1.54) is 12.3 Å². The van der Waals surface area contributed by atoms with Crippen molar-refractivity contribution in [3.63, 3.8) is 0 Å². The molecule has 30 heavy (non-hydrogen) atoms. The fourth-order valence-electron chi connectivity index (χ4n) is 3.73. The van der Waals surface area contributed by atoms with Gasteiger partial charge in [-0.3, -0.25) is 9.88 Å². The number of hydrogen-bond donors (Lipinski definition) is 1. The second kappa shape index (κ2) is 8.13. The highest BCUT2D eigenvalue weighted by atomic mass is 35.5. The molecule has 0 spiro atoms. The second-order valence-corrected chi connectivity index (χ2v) is 8.05. The maximum absolute atomic E-state index is 13.0. The van der Waals surface area contributed by atoms with Crippen LogP contribution in [0.3, 0.4) is 0 Å². The molecule has 1 aliphatic rings. The molecule has 4 heterocycles. The van der Waals surface area contributed by atoms with Gasteiger partial charge in [0.25, 0.3) is 0 Å². The molecule has 0 saturated carbocycles. The summed E-state index contributed by atoms with van der Waals surface area (Å²) in [6.07, 6.45) is 3.37. The lowest BCUT2D eigenvalue weighted by Crippen LogP contribution is -2.42. The standard InChI is InChI=1S/C20H21ClF3N5O/c21-12-19(13-30)2-5-28(6-3-19)10-14-8-26-18-16(9-27-29(18)11-14)15-1-4-25-17(7-15)20(22,23)24/h1,4,7-9,11,30H,2-3,5-6,10,12-13H2. The summed E-state index contributed by atoms with van der Waals surface area (Å²) in [7, 11) is 0. The molecule has 0 atom stereocenters. The Balaban J connectivity index is 1.52. The Morgan fingerprint density at radius 2 is 1.93 bits per heavy atom. The van der Waals surface area contributed by atoms with Gasteiger partial charge in [-0.15, -0.1) is 11.6 Å². The summed E-state index contributed by atoms with van der Waals surface area (Å²) in [5.41, 5.74) is 1.17. The second-order valence-electron chi connectivity index (χ2n) is 7.78. The number of likely N-dealkylation sites (tertiary alicyclic amines) is 1. The predicted molar refractivity (Wildman–Crippen MR) is 106 cm³/mol. The molecule has 0 aliphatic carbocycles. The van der Waals surface area contributed by atoms with E-state index in [1.54, 1.807) is 10.7 Å². The molecule has 3 aromatic heterocycles. The first kappa shape index (κ1) is 21.0. The van der Waals surface area contributed by atoms with Crippen LogP contribution in [-0.4, -0.2) is 55.2 Å². The van der Waals surface area contributed by atoms with Crippen molar-refractivity contribution < 1.29 is 18.3 Å². The average molecular weight is 440 g/mol. The number of fused-ring (bicyclic) bond motifs is 1. The third-order valence-electron chi connectivity index (χ3n) is 5.71. The van der Waals surface area contributed by atoms with Gasteiger partial charge in [-0.25, -0.2) is 9.50 Å². The molecule has 0 bridgehead atoms. The number of piperidine rings is 1. The maximum Gasteiger partial charge on any atom is 0.433 e. The Kier molecular flexibility index (Phi) is 5.69. The van der Waals surface area contributed by atoms with Crippen LogP contribution in [0.15, 0.2) is 36.9 Å². The van der Waals surface area contributed by atoms with Gasteiger partial charge in [0.2, 0.25) is 0 Å². The van der Waals surface area contributed by atoms with Gasteiger partial charge >= 0.3 is 6.18 Å². The Morgan fingerprint density at radius 1 is 1.17 bits per heavy atom. The first-order valence-electron chi connectivity index (χ1n) is 9.59. The van der Waals surface area contributed by atoms with Crippen molar-refractivity contribution in [2.75, 3.05) is 25.6 Å². The Labute approximate surface area is 176 Å². The first-order valence-corrected chi connectivity index (χ1v) is 10.1. The molecule has 0 radical (unpaired) electrons. The van der Waals surface area contributed by atoms with Gasteiger partial charge in [0.1, 0.15) is 5.69 Å². The van der Waals surface area contributed by atoms with Crippen LogP contribution < -0.4 is 0 Å². The van der Waals surface area contributed by atoms with E-state index in [0.29, 0.717) is 29.2 Å². The fourth-order valence-corrected chi connectivity index (χ4v) is 4.08. The number of hydrogen-bond acceptors (Lipinski definition) is 5. The number of pyridine rings is 1. The minimum atomic E-state index is -4.51. The van der Waals surface area contributed by atoms with Crippen LogP contribution in [0.25, 0.3) is 16.8 Å². The molecule has 1 aliphatic heterocycles. The third-order valence-corrected chi connectivity index (χ3v) is 6.28. The Morgan fingerprint density at radius 3 is 2.60 bits per heavy atom. The molecule has 10 heteroatoms. The molecule has 1 fully saturated rings. The van der Waals surface area contributed by atoms with Crippen LogP contribution in [-0.2, 0) is 12.7 Å². The van der Waals surface area contributed by atoms with Crippen LogP contribution >= 0.6 is 11.6 Å². The highest BCUT2D eigenvalue weighted by Gasteiger charge is 2.34. The molecule has 1 saturated heterocycles. The molecular formula is C20H21ClF3N5O. The van der Waals surface area contributed by atoms with Gasteiger partial charge in [0.15, 0.2) is 5.65 Å². The van der Waals surface area contributed by atoms with Gasteiger partial charge in [-0.1, -0.05) is 0 Å². The molecule has 0 aromatic carbocycles. The van der Waals surface area contributed by atoms with E-state index in [2.05, 4.69) is 20.0 Å². The zero-order chi connectivity index (χ0) is 21.4. The number of aromatic nitrogens is 4. The van der Waals surface area contributed by atoms with Crippen molar-refractivity contribution in [3.8, 4) is 11.1 Å². The van der Waals surface area contributed by atoms with Crippen molar-refractivity contribution in [1.82, 2.24) is 24.5 Å². The average Bonchev–Trinajstić information content (AvgIpc) is 3.17. The van der Waals surface area contributed by atoms with Crippen molar-refractivity contribution in [3.05, 3.63) is 48.2 Å². The quantitative estimate of drug-likeness (QED) is 0.615. The highest BCUT2D eigenvalue weighted by Crippen LogP contribution is 2.33. The molecule has 4 rings (SSSR count). The Bertz CT molecular complexity index is 1020. The van der Waals surface area contributed by atoms with Crippen molar-refractivity contribution in [2.24, 2.45) is 5.41 Å². The lowest BCUT2D eigenvalue weighted by atomic mass is 9.81. The summed E-state index contributed by atoms with van der Waals surface area (Å²) < 4.78 is 40.5. The van der Waals surface area contributed by atoms with Crippen molar-refractivity contribution >= 4 is 17.2 Å². The van der Waals surface area contributed by atoms with E-state index in [-0.39, 0.29) is 12.0 Å². The Hall–Kier alpha value is -2.23. The number of rotatable bonds is 5. The summed E-state index contributed by atoms with van der Waals surface area (Å²) in [5, 5.41) is 13.9. The van der Waals surface area contributed by atoms with E-state index < -0.39 is 11.9 Å².